The molecular weight excluding hydrogens is 396 g/mol. The molecule has 1 aromatic heterocycles. The van der Waals surface area contributed by atoms with E-state index >= 15 is 0 Å². The Kier molecular flexibility index (Phi) is 4.99. The lowest BCUT2D eigenvalue weighted by Crippen LogP contribution is -2.27. The van der Waals surface area contributed by atoms with Crippen LogP contribution >= 0.6 is 38.9 Å². The highest BCUT2D eigenvalue weighted by atomic mass is 79.9. The fraction of sp³-hybridized carbons (Fsp3) is 0.231. The number of rotatable bonds is 4. The molecule has 0 spiro atoms. The lowest BCUT2D eigenvalue weighted by Gasteiger charge is -2.18. The van der Waals surface area contributed by atoms with Crippen molar-refractivity contribution in [1.82, 2.24) is 4.31 Å². The molecule has 0 radical (unpaired) electrons. The van der Waals surface area contributed by atoms with Crippen LogP contribution in [0, 0.1) is 6.92 Å². The second-order valence-corrected chi connectivity index (χ2v) is 8.84. The molecule has 2 aromatic rings. The molecule has 8 heteroatoms. The van der Waals surface area contributed by atoms with Crippen molar-refractivity contribution < 1.29 is 8.42 Å². The molecule has 0 unspecified atom stereocenters. The zero-order chi connectivity index (χ0) is 15.8. The van der Waals surface area contributed by atoms with Gasteiger partial charge in [-0.2, -0.15) is 4.31 Å². The summed E-state index contributed by atoms with van der Waals surface area (Å²) < 4.78 is 27.0. The predicted octanol–water partition coefficient (Wildman–Crippen LogP) is 3.88. The first-order valence-corrected chi connectivity index (χ1v) is 9.46. The van der Waals surface area contributed by atoms with Crippen molar-refractivity contribution in [2.75, 3.05) is 12.8 Å². The van der Waals surface area contributed by atoms with E-state index in [4.69, 9.17) is 17.3 Å². The maximum atomic E-state index is 12.7. The van der Waals surface area contributed by atoms with Gasteiger partial charge in [-0.05, 0) is 52.0 Å². The van der Waals surface area contributed by atoms with Crippen LogP contribution < -0.4 is 5.73 Å². The largest absolute Gasteiger partial charge is 0.398 e. The van der Waals surface area contributed by atoms with E-state index in [1.807, 2.05) is 18.4 Å². The monoisotopic (exact) mass is 408 g/mol. The summed E-state index contributed by atoms with van der Waals surface area (Å²) in [6.45, 7) is 2.27. The fourth-order valence-electron chi connectivity index (χ4n) is 1.79. The van der Waals surface area contributed by atoms with Gasteiger partial charge in [-0.3, -0.25) is 0 Å². The van der Waals surface area contributed by atoms with E-state index in [0.717, 1.165) is 10.4 Å². The number of sulfonamides is 1. The minimum absolute atomic E-state index is 0.0733. The van der Waals surface area contributed by atoms with Gasteiger partial charge in [-0.1, -0.05) is 11.6 Å². The topological polar surface area (TPSA) is 63.4 Å². The minimum Gasteiger partial charge on any atom is -0.398 e. The van der Waals surface area contributed by atoms with Gasteiger partial charge in [0, 0.05) is 29.2 Å². The molecular formula is C13H14BrClN2O2S2. The number of benzene rings is 1. The van der Waals surface area contributed by atoms with E-state index < -0.39 is 10.0 Å². The second kappa shape index (κ2) is 6.26. The van der Waals surface area contributed by atoms with Gasteiger partial charge in [0.1, 0.15) is 0 Å². The van der Waals surface area contributed by atoms with Crippen LogP contribution in [0.2, 0.25) is 5.02 Å². The average molecular weight is 410 g/mol. The predicted molar refractivity (Wildman–Crippen MR) is 91.3 cm³/mol. The number of nitrogen functional groups attached to an aromatic ring is 1. The second-order valence-electron chi connectivity index (χ2n) is 4.60. The van der Waals surface area contributed by atoms with Gasteiger partial charge in [0.15, 0.2) is 0 Å². The zero-order valence-electron chi connectivity index (χ0n) is 11.4. The number of hydrogen-bond acceptors (Lipinski definition) is 4. The van der Waals surface area contributed by atoms with Gasteiger partial charge in [0.25, 0.3) is 0 Å². The number of nitrogens with two attached hydrogens (primary N) is 1. The van der Waals surface area contributed by atoms with Gasteiger partial charge >= 0.3 is 0 Å². The Balaban J connectivity index is 2.40. The summed E-state index contributed by atoms with van der Waals surface area (Å²) >= 11 is 10.7. The molecule has 0 saturated heterocycles. The number of halogens is 2. The van der Waals surface area contributed by atoms with Crippen LogP contribution in [0.3, 0.4) is 0 Å². The van der Waals surface area contributed by atoms with Crippen molar-refractivity contribution in [2.24, 2.45) is 0 Å². The van der Waals surface area contributed by atoms with Crippen LogP contribution in [0.1, 0.15) is 10.4 Å². The summed E-state index contributed by atoms with van der Waals surface area (Å²) in [7, 11) is -2.14. The van der Waals surface area contributed by atoms with Gasteiger partial charge in [-0.25, -0.2) is 8.42 Å². The quantitative estimate of drug-likeness (QED) is 0.780. The first-order chi connectivity index (χ1) is 9.73. The highest BCUT2D eigenvalue weighted by molar-refractivity contribution is 9.10. The molecule has 0 bridgehead atoms. The third kappa shape index (κ3) is 3.43. The highest BCUT2D eigenvalue weighted by Crippen LogP contribution is 2.33. The molecule has 2 N–H and O–H groups in total. The first kappa shape index (κ1) is 16.8. The smallest absolute Gasteiger partial charge is 0.244 e. The van der Waals surface area contributed by atoms with E-state index in [1.54, 1.807) is 0 Å². The Morgan fingerprint density at radius 3 is 2.67 bits per heavy atom. The minimum atomic E-state index is -3.68. The summed E-state index contributed by atoms with van der Waals surface area (Å²) in [5.41, 5.74) is 7.14. The number of nitrogens with zero attached hydrogens (tertiary/aromatic N) is 1. The molecule has 0 aliphatic rings. The molecule has 114 valence electrons. The lowest BCUT2D eigenvalue weighted by atomic mass is 10.3. The van der Waals surface area contributed by atoms with E-state index in [9.17, 15) is 8.42 Å². The maximum absolute atomic E-state index is 12.7. The third-order valence-electron chi connectivity index (χ3n) is 3.05. The number of thiophene rings is 1. The molecule has 0 fully saturated rings. The molecule has 0 aliphatic carbocycles. The number of hydrogen-bond donors (Lipinski definition) is 1. The lowest BCUT2D eigenvalue weighted by molar-refractivity contribution is 0.468. The highest BCUT2D eigenvalue weighted by Gasteiger charge is 2.25. The van der Waals surface area contributed by atoms with Crippen LogP contribution in [0.4, 0.5) is 5.69 Å². The van der Waals surface area contributed by atoms with E-state index in [2.05, 4.69) is 15.9 Å². The Bertz CT molecular complexity index is 774. The summed E-state index contributed by atoms with van der Waals surface area (Å²) in [6.07, 6.45) is 0. The van der Waals surface area contributed by atoms with Crippen molar-refractivity contribution in [3.8, 4) is 0 Å². The van der Waals surface area contributed by atoms with Gasteiger partial charge < -0.3 is 5.73 Å². The molecule has 2 rings (SSSR count). The Labute approximate surface area is 141 Å². The number of aryl methyl sites for hydroxylation is 1. The summed E-state index contributed by atoms with van der Waals surface area (Å²) in [5.74, 6) is 0. The van der Waals surface area contributed by atoms with Crippen LogP contribution in [0.5, 0.6) is 0 Å². The molecule has 1 heterocycles. The molecule has 1 aromatic carbocycles. The van der Waals surface area contributed by atoms with Crippen LogP contribution in [-0.2, 0) is 16.6 Å². The fourth-order valence-corrected chi connectivity index (χ4v) is 5.22. The molecule has 0 aliphatic heterocycles. The van der Waals surface area contributed by atoms with Crippen LogP contribution in [0.15, 0.2) is 32.9 Å². The standard InChI is InChI=1S/C13H14BrClN2O2S2/c1-8-3-4-20-11(8)7-17(2)21(18,19)12-6-9(15)5-10(16)13(12)14/h3-6H,7,16H2,1-2H3. The summed E-state index contributed by atoms with van der Waals surface area (Å²) in [6, 6.07) is 4.87. The van der Waals surface area contributed by atoms with E-state index in [0.29, 0.717) is 16.7 Å². The first-order valence-electron chi connectivity index (χ1n) is 5.97. The SMILES string of the molecule is Cc1ccsc1CN(C)S(=O)(=O)c1cc(Cl)cc(N)c1Br. The molecule has 0 atom stereocenters. The van der Waals surface area contributed by atoms with Crippen molar-refractivity contribution in [3.63, 3.8) is 0 Å². The molecule has 0 saturated carbocycles. The zero-order valence-corrected chi connectivity index (χ0v) is 15.4. The van der Waals surface area contributed by atoms with Crippen LogP contribution in [-0.4, -0.2) is 19.8 Å². The Morgan fingerprint density at radius 1 is 1.43 bits per heavy atom. The summed E-state index contributed by atoms with van der Waals surface area (Å²) in [4.78, 5) is 1.08. The van der Waals surface area contributed by atoms with E-state index in [1.165, 1.54) is 34.8 Å². The molecule has 4 nitrogen and oxygen atoms in total. The van der Waals surface area contributed by atoms with Crippen molar-refractivity contribution >= 4 is 54.6 Å². The van der Waals surface area contributed by atoms with E-state index in [-0.39, 0.29) is 9.92 Å². The Morgan fingerprint density at radius 2 is 2.10 bits per heavy atom. The van der Waals surface area contributed by atoms with Crippen molar-refractivity contribution in [3.05, 3.63) is 43.5 Å². The van der Waals surface area contributed by atoms with Gasteiger partial charge in [0.2, 0.25) is 10.0 Å². The number of anilines is 1. The molecule has 0 amide bonds. The average Bonchev–Trinajstić information content (AvgIpc) is 2.79. The normalized spacial score (nSPS) is 12.0. The maximum Gasteiger partial charge on any atom is 0.244 e. The van der Waals surface area contributed by atoms with Crippen molar-refractivity contribution in [2.45, 2.75) is 18.4 Å². The van der Waals surface area contributed by atoms with Gasteiger partial charge in [-0.15, -0.1) is 11.3 Å². The third-order valence-corrected chi connectivity index (χ3v) is 7.26. The summed E-state index contributed by atoms with van der Waals surface area (Å²) in [5, 5.41) is 2.23. The van der Waals surface area contributed by atoms with Gasteiger partial charge in [0.05, 0.1) is 9.37 Å². The Hall–Kier alpha value is -0.600. The van der Waals surface area contributed by atoms with Crippen LogP contribution in [0.25, 0.3) is 0 Å². The van der Waals surface area contributed by atoms with Crippen molar-refractivity contribution in [1.29, 1.82) is 0 Å². The molecule has 21 heavy (non-hydrogen) atoms.